The van der Waals surface area contributed by atoms with Crippen LogP contribution in [-0.2, 0) is 15.1 Å². The van der Waals surface area contributed by atoms with E-state index >= 15 is 0 Å². The number of imide groups is 1. The molecule has 1 N–H and O–H groups in total. The third-order valence-corrected chi connectivity index (χ3v) is 5.84. The van der Waals surface area contributed by atoms with Gasteiger partial charge in [0.25, 0.3) is 5.91 Å². The number of carbonyl (C=O) groups excluding carboxylic acids is 3. The van der Waals surface area contributed by atoms with Gasteiger partial charge in [-0.05, 0) is 46.2 Å². The van der Waals surface area contributed by atoms with Crippen LogP contribution in [-0.4, -0.2) is 47.4 Å². The molecule has 160 valence electrons. The van der Waals surface area contributed by atoms with E-state index in [4.69, 9.17) is 4.74 Å². The summed E-state index contributed by atoms with van der Waals surface area (Å²) in [6, 6.07) is 8.75. The van der Waals surface area contributed by atoms with Crippen LogP contribution in [0.5, 0.6) is 0 Å². The summed E-state index contributed by atoms with van der Waals surface area (Å²) in [5, 5.41) is 2.75. The summed E-state index contributed by atoms with van der Waals surface area (Å²) < 4.78 is 7.27. The van der Waals surface area contributed by atoms with Gasteiger partial charge in [0.1, 0.15) is 5.54 Å². The van der Waals surface area contributed by atoms with Gasteiger partial charge in [-0.3, -0.25) is 14.5 Å². The number of carbonyl (C=O) groups is 3. The third-order valence-electron chi connectivity index (χ3n) is 5.84. The minimum atomic E-state index is -1.19. The molecule has 3 amide bonds. The Morgan fingerprint density at radius 2 is 1.80 bits per heavy atom. The van der Waals surface area contributed by atoms with Crippen molar-refractivity contribution in [3.8, 4) is 0 Å². The number of ketones is 1. The van der Waals surface area contributed by atoms with Crippen LogP contribution >= 0.6 is 0 Å². The largest absolute Gasteiger partial charge is 0.383 e. The van der Waals surface area contributed by atoms with E-state index in [0.29, 0.717) is 17.7 Å². The average molecular weight is 412 g/mol. The molecule has 2 heterocycles. The second-order valence-corrected chi connectivity index (χ2v) is 8.19. The van der Waals surface area contributed by atoms with Crippen LogP contribution in [0.1, 0.15) is 52.8 Å². The number of aryl methyl sites for hydroxylation is 2. The molecule has 3 rings (SSSR count). The zero-order valence-corrected chi connectivity index (χ0v) is 18.4. The Kier molecular flexibility index (Phi) is 5.85. The number of ether oxygens (including phenoxy) is 1. The predicted molar refractivity (Wildman–Crippen MR) is 114 cm³/mol. The third kappa shape index (κ3) is 3.65. The Hall–Kier alpha value is -2.93. The van der Waals surface area contributed by atoms with E-state index in [2.05, 4.69) is 5.32 Å². The zero-order chi connectivity index (χ0) is 22.2. The Labute approximate surface area is 177 Å². The molecule has 1 aliphatic rings. The first-order valence-electron chi connectivity index (χ1n) is 10.0. The Bertz CT molecular complexity index is 993. The predicted octanol–water partition coefficient (Wildman–Crippen LogP) is 3.27. The molecule has 0 aliphatic carbocycles. The second kappa shape index (κ2) is 8.07. The number of aromatic nitrogens is 1. The topological polar surface area (TPSA) is 80.6 Å². The number of urea groups is 1. The van der Waals surface area contributed by atoms with Gasteiger partial charge in [0, 0.05) is 24.1 Å². The monoisotopic (exact) mass is 411 g/mol. The van der Waals surface area contributed by atoms with E-state index in [0.717, 1.165) is 21.9 Å². The van der Waals surface area contributed by atoms with Crippen molar-refractivity contribution in [2.45, 2.75) is 46.2 Å². The van der Waals surface area contributed by atoms with Crippen molar-refractivity contribution < 1.29 is 19.1 Å². The highest BCUT2D eigenvalue weighted by Crippen LogP contribution is 2.29. The molecule has 1 aliphatic heterocycles. The number of benzene rings is 1. The van der Waals surface area contributed by atoms with Crippen molar-refractivity contribution in [3.63, 3.8) is 0 Å². The van der Waals surface area contributed by atoms with Crippen LogP contribution in [0, 0.1) is 20.8 Å². The molecule has 1 fully saturated rings. The Morgan fingerprint density at radius 3 is 2.40 bits per heavy atom. The van der Waals surface area contributed by atoms with Gasteiger partial charge >= 0.3 is 6.03 Å². The molecule has 0 bridgehead atoms. The summed E-state index contributed by atoms with van der Waals surface area (Å²) in [5.41, 5.74) is 2.81. The van der Waals surface area contributed by atoms with Crippen LogP contribution < -0.4 is 5.32 Å². The number of hydrogen-bond donors (Lipinski definition) is 1. The van der Waals surface area contributed by atoms with Crippen molar-refractivity contribution >= 4 is 17.7 Å². The number of rotatable bonds is 7. The zero-order valence-electron chi connectivity index (χ0n) is 18.4. The first-order valence-corrected chi connectivity index (χ1v) is 10.0. The first kappa shape index (κ1) is 21.8. The van der Waals surface area contributed by atoms with E-state index < -0.39 is 17.5 Å². The maximum atomic E-state index is 13.1. The van der Waals surface area contributed by atoms with Crippen LogP contribution in [0.25, 0.3) is 0 Å². The smallest absolute Gasteiger partial charge is 0.325 e. The SMILES string of the molecule is COC[C@H](C)n1c(C)cc(C(=O)CN2C(=O)N[C@@](C)(c3ccc(C)cc3)C2=O)c1C. The maximum Gasteiger partial charge on any atom is 0.325 e. The van der Waals surface area contributed by atoms with Gasteiger partial charge in [0.05, 0.1) is 19.2 Å². The van der Waals surface area contributed by atoms with Gasteiger partial charge in [-0.15, -0.1) is 0 Å². The fourth-order valence-corrected chi connectivity index (χ4v) is 4.21. The standard InChI is InChI=1S/C23H29N3O4/c1-14-7-9-18(10-8-14)23(5)21(28)25(22(29)24-23)12-20(27)19-11-15(2)26(17(19)4)16(3)13-30-6/h7-11,16H,12-13H2,1-6H3,(H,24,29)/t16-,23-/m0/s1. The van der Waals surface area contributed by atoms with Gasteiger partial charge in [-0.1, -0.05) is 29.8 Å². The van der Waals surface area contributed by atoms with E-state index in [1.165, 1.54) is 0 Å². The summed E-state index contributed by atoms with van der Waals surface area (Å²) in [7, 11) is 1.64. The highest BCUT2D eigenvalue weighted by Gasteiger charge is 2.49. The maximum absolute atomic E-state index is 13.1. The molecule has 2 aromatic rings. The first-order chi connectivity index (χ1) is 14.1. The molecule has 0 spiro atoms. The van der Waals surface area contributed by atoms with Crippen molar-refractivity contribution in [2.75, 3.05) is 20.3 Å². The summed E-state index contributed by atoms with van der Waals surface area (Å²) in [5.74, 6) is -0.693. The number of hydrogen-bond acceptors (Lipinski definition) is 4. The van der Waals surface area contributed by atoms with Gasteiger partial charge in [0.15, 0.2) is 5.78 Å². The normalized spacial score (nSPS) is 19.9. The molecule has 1 saturated heterocycles. The lowest BCUT2D eigenvalue weighted by Crippen LogP contribution is -2.41. The fraction of sp³-hybridized carbons (Fsp3) is 0.435. The molecule has 30 heavy (non-hydrogen) atoms. The lowest BCUT2D eigenvalue weighted by Gasteiger charge is -2.22. The lowest BCUT2D eigenvalue weighted by molar-refractivity contribution is -0.130. The van der Waals surface area contributed by atoms with Crippen LogP contribution in [0.15, 0.2) is 30.3 Å². The van der Waals surface area contributed by atoms with Crippen molar-refractivity contribution in [1.82, 2.24) is 14.8 Å². The molecular formula is C23H29N3O4. The van der Waals surface area contributed by atoms with E-state index in [1.54, 1.807) is 20.1 Å². The Morgan fingerprint density at radius 1 is 1.17 bits per heavy atom. The average Bonchev–Trinajstić information content (AvgIpc) is 3.10. The van der Waals surface area contributed by atoms with Gasteiger partial charge in [-0.25, -0.2) is 4.79 Å². The van der Waals surface area contributed by atoms with Crippen molar-refractivity contribution in [3.05, 3.63) is 58.4 Å². The summed E-state index contributed by atoms with van der Waals surface area (Å²) in [6.45, 7) is 9.66. The van der Waals surface area contributed by atoms with Gasteiger partial charge < -0.3 is 14.6 Å². The van der Waals surface area contributed by atoms with E-state index in [9.17, 15) is 14.4 Å². The highest BCUT2D eigenvalue weighted by molar-refractivity contribution is 6.11. The van der Waals surface area contributed by atoms with Gasteiger partial charge in [-0.2, -0.15) is 0 Å². The molecule has 7 nitrogen and oxygen atoms in total. The number of nitrogens with one attached hydrogen (secondary N) is 1. The molecule has 2 atom stereocenters. The minimum absolute atomic E-state index is 0.0677. The van der Waals surface area contributed by atoms with E-state index in [1.807, 2.05) is 56.5 Å². The summed E-state index contributed by atoms with van der Waals surface area (Å²) in [6.07, 6.45) is 0. The Balaban J connectivity index is 1.84. The fourth-order valence-electron chi connectivity index (χ4n) is 4.21. The van der Waals surface area contributed by atoms with Crippen LogP contribution in [0.4, 0.5) is 4.79 Å². The highest BCUT2D eigenvalue weighted by atomic mass is 16.5. The second-order valence-electron chi connectivity index (χ2n) is 8.19. The molecule has 0 radical (unpaired) electrons. The molecular weight excluding hydrogens is 382 g/mol. The molecule has 1 aromatic heterocycles. The molecule has 0 unspecified atom stereocenters. The lowest BCUT2D eigenvalue weighted by atomic mass is 9.91. The number of Topliss-reactive ketones (excluding diaryl/α,β-unsaturated/α-hetero) is 1. The molecule has 1 aromatic carbocycles. The number of amides is 3. The quantitative estimate of drug-likeness (QED) is 0.560. The molecule has 7 heteroatoms. The van der Waals surface area contributed by atoms with Crippen LogP contribution in [0.2, 0.25) is 0 Å². The van der Waals surface area contributed by atoms with Crippen LogP contribution in [0.3, 0.4) is 0 Å². The number of methoxy groups -OCH3 is 1. The molecule has 0 saturated carbocycles. The van der Waals surface area contributed by atoms with E-state index in [-0.39, 0.29) is 18.4 Å². The minimum Gasteiger partial charge on any atom is -0.383 e. The summed E-state index contributed by atoms with van der Waals surface area (Å²) >= 11 is 0. The number of nitrogens with zero attached hydrogens (tertiary/aromatic N) is 2. The van der Waals surface area contributed by atoms with Crippen molar-refractivity contribution in [2.24, 2.45) is 0 Å². The van der Waals surface area contributed by atoms with Crippen molar-refractivity contribution in [1.29, 1.82) is 0 Å². The van der Waals surface area contributed by atoms with Gasteiger partial charge in [0.2, 0.25) is 0 Å². The summed E-state index contributed by atoms with van der Waals surface area (Å²) in [4.78, 5) is 39.7.